The van der Waals surface area contributed by atoms with Crippen LogP contribution in [-0.4, -0.2) is 62.5 Å². The first-order valence-corrected chi connectivity index (χ1v) is 13.3. The van der Waals surface area contributed by atoms with Crippen LogP contribution in [-0.2, 0) is 19.6 Å². The molecular formula is C23H30N2O6S2. The molecule has 1 aliphatic rings. The summed E-state index contributed by atoms with van der Waals surface area (Å²) in [4.78, 5) is 12.6. The van der Waals surface area contributed by atoms with E-state index in [1.165, 1.54) is 28.2 Å². The van der Waals surface area contributed by atoms with Gasteiger partial charge in [-0.15, -0.1) is 11.8 Å². The van der Waals surface area contributed by atoms with Gasteiger partial charge >= 0.3 is 0 Å². The van der Waals surface area contributed by atoms with E-state index in [2.05, 4.69) is 5.32 Å². The predicted octanol–water partition coefficient (Wildman–Crippen LogP) is 3.98. The molecule has 8 nitrogen and oxygen atoms in total. The molecular weight excluding hydrogens is 464 g/mol. The fraction of sp³-hybridized carbons (Fsp3) is 0.435. The number of hydrogen-bond donors (Lipinski definition) is 1. The summed E-state index contributed by atoms with van der Waals surface area (Å²) in [5.74, 6) is 1.63. The zero-order chi connectivity index (χ0) is 23.8. The summed E-state index contributed by atoms with van der Waals surface area (Å²) < 4.78 is 44.3. The van der Waals surface area contributed by atoms with Crippen LogP contribution in [0.25, 0.3) is 0 Å². The van der Waals surface area contributed by atoms with Crippen molar-refractivity contribution in [1.82, 2.24) is 4.31 Å². The van der Waals surface area contributed by atoms with Crippen molar-refractivity contribution in [3.8, 4) is 17.2 Å². The minimum absolute atomic E-state index is 0.0928. The lowest BCUT2D eigenvalue weighted by Gasteiger charge is -2.26. The molecule has 1 amide bonds. The van der Waals surface area contributed by atoms with E-state index in [1.54, 1.807) is 30.3 Å². The topological polar surface area (TPSA) is 94.2 Å². The molecule has 0 aromatic heterocycles. The van der Waals surface area contributed by atoms with Gasteiger partial charge in [-0.05, 0) is 54.6 Å². The second-order valence-electron chi connectivity index (χ2n) is 7.59. The number of sulfonamides is 1. The molecule has 0 atom stereocenters. The Morgan fingerprint density at radius 1 is 1.12 bits per heavy atom. The van der Waals surface area contributed by atoms with E-state index in [9.17, 15) is 13.2 Å². The van der Waals surface area contributed by atoms with Crippen LogP contribution in [0.15, 0.2) is 47.4 Å². The molecule has 1 saturated heterocycles. The maximum absolute atomic E-state index is 13.1. The first-order chi connectivity index (χ1) is 15.8. The maximum Gasteiger partial charge on any atom is 0.243 e. The van der Waals surface area contributed by atoms with E-state index >= 15 is 0 Å². The Morgan fingerprint density at radius 2 is 1.79 bits per heavy atom. The van der Waals surface area contributed by atoms with Crippen LogP contribution in [0, 0.1) is 0 Å². The first-order valence-electron chi connectivity index (χ1n) is 10.8. The largest absolute Gasteiger partial charge is 0.494 e. The Bertz CT molecular complexity index is 1040. The van der Waals surface area contributed by atoms with Crippen LogP contribution in [0.1, 0.15) is 20.8 Å². The molecule has 3 rings (SSSR count). The van der Waals surface area contributed by atoms with Crippen LogP contribution in [0.5, 0.6) is 17.2 Å². The Labute approximate surface area is 199 Å². The minimum atomic E-state index is -3.72. The summed E-state index contributed by atoms with van der Waals surface area (Å²) in [7, 11) is -3.72. The summed E-state index contributed by atoms with van der Waals surface area (Å²) in [5.41, 5.74) is 0.299. The van der Waals surface area contributed by atoms with E-state index in [0.29, 0.717) is 55.3 Å². The molecule has 0 saturated carbocycles. The second kappa shape index (κ2) is 11.7. The second-order valence-corrected chi connectivity index (χ2v) is 11.1. The number of carbonyl (C=O) groups is 1. The van der Waals surface area contributed by atoms with Gasteiger partial charge in [-0.25, -0.2) is 8.42 Å². The van der Waals surface area contributed by atoms with Crippen molar-refractivity contribution in [3.05, 3.63) is 42.5 Å². The number of rotatable bonds is 10. The lowest BCUT2D eigenvalue weighted by atomic mass is 10.2. The lowest BCUT2D eigenvalue weighted by Crippen LogP contribution is -2.40. The fourth-order valence-corrected chi connectivity index (χ4v) is 5.11. The van der Waals surface area contributed by atoms with E-state index in [0.717, 1.165) is 5.75 Å². The number of morpholine rings is 1. The standard InChI is InChI=1S/C23H30N2O6S2/c1-4-30-18-5-7-19(8-6-18)31-22-10-9-20(33(27,28)25-11-13-29-14-12-25)15-21(22)24-23(26)16-32-17(2)3/h5-10,15,17H,4,11-14,16H2,1-3H3,(H,24,26). The summed E-state index contributed by atoms with van der Waals surface area (Å²) in [5, 5.41) is 3.11. The predicted molar refractivity (Wildman–Crippen MR) is 130 cm³/mol. The van der Waals surface area contributed by atoms with E-state index in [-0.39, 0.29) is 16.6 Å². The molecule has 0 unspecified atom stereocenters. The molecule has 0 radical (unpaired) electrons. The zero-order valence-electron chi connectivity index (χ0n) is 19.1. The van der Waals surface area contributed by atoms with Gasteiger partial charge in [0.1, 0.15) is 11.5 Å². The molecule has 1 N–H and O–H groups in total. The van der Waals surface area contributed by atoms with Crippen molar-refractivity contribution < 1.29 is 27.4 Å². The molecule has 0 bridgehead atoms. The minimum Gasteiger partial charge on any atom is -0.494 e. The highest BCUT2D eigenvalue weighted by atomic mass is 32.2. The quantitative estimate of drug-likeness (QED) is 0.534. The lowest BCUT2D eigenvalue weighted by molar-refractivity contribution is -0.113. The Balaban J connectivity index is 1.88. The van der Waals surface area contributed by atoms with Gasteiger partial charge in [0.05, 0.1) is 36.2 Å². The van der Waals surface area contributed by atoms with Crippen molar-refractivity contribution in [2.24, 2.45) is 0 Å². The number of thioether (sulfide) groups is 1. The summed E-state index contributed by atoms with van der Waals surface area (Å²) in [6.45, 7) is 7.77. The number of amides is 1. The third-order valence-electron chi connectivity index (χ3n) is 4.74. The molecule has 180 valence electrons. The summed E-state index contributed by atoms with van der Waals surface area (Å²) in [6.07, 6.45) is 0. The molecule has 1 aliphatic heterocycles. The number of carbonyl (C=O) groups excluding carboxylic acids is 1. The summed E-state index contributed by atoms with van der Waals surface area (Å²) in [6, 6.07) is 11.6. The molecule has 2 aromatic carbocycles. The van der Waals surface area contributed by atoms with Crippen molar-refractivity contribution in [3.63, 3.8) is 0 Å². The third kappa shape index (κ3) is 7.10. The van der Waals surface area contributed by atoms with Crippen LogP contribution < -0.4 is 14.8 Å². The maximum atomic E-state index is 13.1. The van der Waals surface area contributed by atoms with Crippen molar-refractivity contribution in [2.45, 2.75) is 30.9 Å². The third-order valence-corrected chi connectivity index (χ3v) is 7.73. The Kier molecular flexibility index (Phi) is 9.02. The number of ether oxygens (including phenoxy) is 3. The van der Waals surface area contributed by atoms with Crippen molar-refractivity contribution >= 4 is 33.4 Å². The monoisotopic (exact) mass is 494 g/mol. The highest BCUT2D eigenvalue weighted by molar-refractivity contribution is 8.00. The van der Waals surface area contributed by atoms with Crippen LogP contribution in [0.4, 0.5) is 5.69 Å². The van der Waals surface area contributed by atoms with Gasteiger partial charge in [0.2, 0.25) is 15.9 Å². The molecule has 1 fully saturated rings. The number of nitrogens with one attached hydrogen (secondary N) is 1. The van der Waals surface area contributed by atoms with E-state index in [4.69, 9.17) is 14.2 Å². The number of nitrogens with zero attached hydrogens (tertiary/aromatic N) is 1. The van der Waals surface area contributed by atoms with Gasteiger partial charge < -0.3 is 19.5 Å². The average molecular weight is 495 g/mol. The molecule has 1 heterocycles. The molecule has 0 spiro atoms. The van der Waals surface area contributed by atoms with Crippen molar-refractivity contribution in [1.29, 1.82) is 0 Å². The zero-order valence-corrected chi connectivity index (χ0v) is 20.7. The number of hydrogen-bond acceptors (Lipinski definition) is 7. The van der Waals surface area contributed by atoms with Gasteiger partial charge in [0.25, 0.3) is 0 Å². The van der Waals surface area contributed by atoms with Crippen LogP contribution in [0.2, 0.25) is 0 Å². The highest BCUT2D eigenvalue weighted by Crippen LogP contribution is 2.34. The van der Waals surface area contributed by atoms with Gasteiger partial charge in [0, 0.05) is 13.1 Å². The average Bonchev–Trinajstić information content (AvgIpc) is 2.81. The van der Waals surface area contributed by atoms with Crippen LogP contribution in [0.3, 0.4) is 0 Å². The van der Waals surface area contributed by atoms with E-state index in [1.807, 2.05) is 20.8 Å². The van der Waals surface area contributed by atoms with Gasteiger partial charge in [-0.3, -0.25) is 4.79 Å². The van der Waals surface area contributed by atoms with Crippen LogP contribution >= 0.6 is 11.8 Å². The highest BCUT2D eigenvalue weighted by Gasteiger charge is 2.27. The van der Waals surface area contributed by atoms with Gasteiger partial charge in [-0.2, -0.15) is 4.31 Å². The molecule has 2 aromatic rings. The Morgan fingerprint density at radius 3 is 2.42 bits per heavy atom. The van der Waals surface area contributed by atoms with Gasteiger partial charge in [-0.1, -0.05) is 13.8 Å². The number of benzene rings is 2. The normalized spacial score (nSPS) is 14.8. The smallest absolute Gasteiger partial charge is 0.243 e. The summed E-state index contributed by atoms with van der Waals surface area (Å²) >= 11 is 1.50. The number of anilines is 1. The molecule has 10 heteroatoms. The van der Waals surface area contributed by atoms with Gasteiger partial charge in [0.15, 0.2) is 5.75 Å². The molecule has 0 aliphatic carbocycles. The molecule has 33 heavy (non-hydrogen) atoms. The fourth-order valence-electron chi connectivity index (χ4n) is 3.12. The first kappa shape index (κ1) is 25.4. The van der Waals surface area contributed by atoms with Crippen molar-refractivity contribution in [2.75, 3.05) is 44.0 Å². The van der Waals surface area contributed by atoms with E-state index < -0.39 is 10.0 Å². The Hall–Kier alpha value is -2.27. The SMILES string of the molecule is CCOc1ccc(Oc2ccc(S(=O)(=O)N3CCOCC3)cc2NC(=O)CSC(C)C)cc1.